The molecule has 1 fully saturated rings. The number of amides is 1. The van der Waals surface area contributed by atoms with Gasteiger partial charge >= 0.3 is 0 Å². The molecule has 0 spiro atoms. The van der Waals surface area contributed by atoms with E-state index in [-0.39, 0.29) is 41.7 Å². The fourth-order valence-corrected chi connectivity index (χ4v) is 5.72. The summed E-state index contributed by atoms with van der Waals surface area (Å²) in [6.45, 7) is 4.25. The van der Waals surface area contributed by atoms with Crippen molar-refractivity contribution in [1.29, 1.82) is 0 Å². The van der Waals surface area contributed by atoms with Crippen LogP contribution in [0.1, 0.15) is 41.6 Å². The van der Waals surface area contributed by atoms with E-state index in [1.54, 1.807) is 18.3 Å². The summed E-state index contributed by atoms with van der Waals surface area (Å²) in [5, 5.41) is 3.01. The lowest BCUT2D eigenvalue weighted by Gasteiger charge is -2.34. The predicted molar refractivity (Wildman–Crippen MR) is 124 cm³/mol. The highest BCUT2D eigenvalue weighted by atomic mass is 32.2. The molecule has 3 aromatic rings. The second-order valence-corrected chi connectivity index (χ2v) is 10.3. The fourth-order valence-electron chi connectivity index (χ4n) is 4.09. The number of rotatable bonds is 6. The van der Waals surface area contributed by atoms with Gasteiger partial charge in [0.2, 0.25) is 10.0 Å². The number of carbonyl (C=O) groups is 1. The van der Waals surface area contributed by atoms with Gasteiger partial charge in [-0.15, -0.1) is 0 Å². The molecule has 8 nitrogen and oxygen atoms in total. The molecule has 1 amide bonds. The molecule has 2 heterocycles. The summed E-state index contributed by atoms with van der Waals surface area (Å²) >= 11 is 0. The Labute approximate surface area is 194 Å². The predicted octanol–water partition coefficient (Wildman–Crippen LogP) is 2.74. The van der Waals surface area contributed by atoms with Crippen LogP contribution in [0.2, 0.25) is 0 Å². The molecule has 1 aromatic heterocycles. The van der Waals surface area contributed by atoms with Gasteiger partial charge < -0.3 is 14.6 Å². The molecule has 0 saturated carbocycles. The molecule has 0 aliphatic carbocycles. The van der Waals surface area contributed by atoms with Crippen molar-refractivity contribution >= 4 is 15.9 Å². The maximum absolute atomic E-state index is 13.3. The van der Waals surface area contributed by atoms with E-state index in [4.69, 9.17) is 4.74 Å². The van der Waals surface area contributed by atoms with E-state index in [0.717, 1.165) is 5.56 Å². The van der Waals surface area contributed by atoms with E-state index in [1.165, 1.54) is 16.4 Å². The van der Waals surface area contributed by atoms with Crippen molar-refractivity contribution in [3.05, 3.63) is 83.9 Å². The van der Waals surface area contributed by atoms with Crippen LogP contribution in [0.3, 0.4) is 0 Å². The highest BCUT2D eigenvalue weighted by molar-refractivity contribution is 7.89. The van der Waals surface area contributed by atoms with Gasteiger partial charge in [-0.3, -0.25) is 4.79 Å². The molecular formula is C24H28N4O4S. The van der Waals surface area contributed by atoms with Crippen LogP contribution in [0, 0.1) is 0 Å². The largest absolute Gasteiger partial charge is 0.373 e. The third-order valence-corrected chi connectivity index (χ3v) is 7.47. The van der Waals surface area contributed by atoms with Gasteiger partial charge in [-0.1, -0.05) is 36.4 Å². The quantitative estimate of drug-likeness (QED) is 0.600. The lowest BCUT2D eigenvalue weighted by Crippen LogP contribution is -2.48. The van der Waals surface area contributed by atoms with Crippen molar-refractivity contribution < 1.29 is 17.9 Å². The van der Waals surface area contributed by atoms with Crippen molar-refractivity contribution in [2.75, 3.05) is 13.1 Å². The first kappa shape index (κ1) is 23.2. The molecule has 0 bridgehead atoms. The summed E-state index contributed by atoms with van der Waals surface area (Å²) in [4.78, 5) is 17.7. The number of nitrogens with zero attached hydrogens (tertiary/aromatic N) is 3. The molecule has 4 rings (SSSR count). The Hall–Kier alpha value is -3.01. The Morgan fingerprint density at radius 1 is 1.09 bits per heavy atom. The number of ether oxygens (including phenoxy) is 1. The second kappa shape index (κ2) is 9.46. The average Bonchev–Trinajstić information content (AvgIpc) is 3.23. The zero-order chi connectivity index (χ0) is 23.6. The first-order chi connectivity index (χ1) is 15.8. The number of hydrogen-bond acceptors (Lipinski definition) is 5. The minimum Gasteiger partial charge on any atom is -0.373 e. The van der Waals surface area contributed by atoms with Gasteiger partial charge in [0.25, 0.3) is 5.91 Å². The summed E-state index contributed by atoms with van der Waals surface area (Å²) in [7, 11) is -1.89. The summed E-state index contributed by atoms with van der Waals surface area (Å²) in [6, 6.07) is 15.2. The van der Waals surface area contributed by atoms with E-state index in [0.29, 0.717) is 5.82 Å². The van der Waals surface area contributed by atoms with Crippen LogP contribution < -0.4 is 5.32 Å². The monoisotopic (exact) mass is 468 g/mol. The van der Waals surface area contributed by atoms with Crippen LogP contribution in [0.4, 0.5) is 0 Å². The number of morpholine rings is 1. The van der Waals surface area contributed by atoms with Gasteiger partial charge in [0.1, 0.15) is 11.9 Å². The van der Waals surface area contributed by atoms with Gasteiger partial charge in [-0.2, -0.15) is 4.31 Å². The molecule has 1 aliphatic rings. The molecule has 0 unspecified atom stereocenters. The van der Waals surface area contributed by atoms with Crippen LogP contribution in [-0.2, 0) is 21.8 Å². The standard InChI is InChI=1S/C24H28N4O4S/c1-17-15-28(16-18(2)32-17)33(30,31)21-11-7-10-20(14-21)24(29)26-22(19-8-5-4-6-9-19)23-25-12-13-27(23)3/h4-14,17-18,22H,15-16H2,1-3H3,(H,26,29)/t17-,18-,22+/m1/s1. The number of sulfonamides is 1. The lowest BCUT2D eigenvalue weighted by molar-refractivity contribution is -0.0440. The van der Waals surface area contributed by atoms with Crippen LogP contribution in [0.25, 0.3) is 0 Å². The van der Waals surface area contributed by atoms with Gasteiger partial charge in [-0.05, 0) is 37.6 Å². The van der Waals surface area contributed by atoms with E-state index >= 15 is 0 Å². The van der Waals surface area contributed by atoms with Gasteiger partial charge in [0.05, 0.1) is 17.1 Å². The van der Waals surface area contributed by atoms with E-state index in [1.807, 2.05) is 62.0 Å². The van der Waals surface area contributed by atoms with Crippen molar-refractivity contribution in [2.45, 2.75) is 37.0 Å². The summed E-state index contributed by atoms with van der Waals surface area (Å²) < 4.78 is 35.4. The normalized spacial score (nSPS) is 20.3. The first-order valence-corrected chi connectivity index (χ1v) is 12.3. The van der Waals surface area contributed by atoms with Gasteiger partial charge in [0, 0.05) is 38.1 Å². The maximum atomic E-state index is 13.3. The summed E-state index contributed by atoms with van der Waals surface area (Å²) in [5.41, 5.74) is 1.14. The Balaban J connectivity index is 1.61. The highest BCUT2D eigenvalue weighted by Gasteiger charge is 2.32. The van der Waals surface area contributed by atoms with Crippen molar-refractivity contribution in [3.63, 3.8) is 0 Å². The van der Waals surface area contributed by atoms with E-state index in [2.05, 4.69) is 10.3 Å². The van der Waals surface area contributed by atoms with Crippen molar-refractivity contribution in [1.82, 2.24) is 19.2 Å². The Bertz CT molecular complexity index is 1220. The van der Waals surface area contributed by atoms with Crippen LogP contribution in [-0.4, -0.2) is 53.5 Å². The Morgan fingerprint density at radius 2 is 1.79 bits per heavy atom. The van der Waals surface area contributed by atoms with Gasteiger partial charge in [-0.25, -0.2) is 13.4 Å². The molecule has 1 N–H and O–H groups in total. The minimum absolute atomic E-state index is 0.0877. The molecule has 9 heteroatoms. The lowest BCUT2D eigenvalue weighted by atomic mass is 10.1. The van der Waals surface area contributed by atoms with Crippen LogP contribution in [0.15, 0.2) is 71.9 Å². The van der Waals surface area contributed by atoms with Crippen molar-refractivity contribution in [3.8, 4) is 0 Å². The average molecular weight is 469 g/mol. The topological polar surface area (TPSA) is 93.5 Å². The smallest absolute Gasteiger partial charge is 0.252 e. The maximum Gasteiger partial charge on any atom is 0.252 e. The second-order valence-electron chi connectivity index (χ2n) is 8.32. The van der Waals surface area contributed by atoms with E-state index < -0.39 is 16.1 Å². The SMILES string of the molecule is C[C@@H]1CN(S(=O)(=O)c2cccc(C(=O)N[C@@H](c3ccccc3)c3nccn3C)c2)C[C@@H](C)O1. The number of aromatic nitrogens is 2. The molecule has 2 aromatic carbocycles. The molecule has 33 heavy (non-hydrogen) atoms. The molecule has 1 saturated heterocycles. The van der Waals surface area contributed by atoms with Crippen LogP contribution in [0.5, 0.6) is 0 Å². The Morgan fingerprint density at radius 3 is 2.42 bits per heavy atom. The number of aryl methyl sites for hydroxylation is 1. The fraction of sp³-hybridized carbons (Fsp3) is 0.333. The number of carbonyl (C=O) groups excluding carboxylic acids is 1. The number of hydrogen-bond donors (Lipinski definition) is 1. The Kier molecular flexibility index (Phi) is 6.64. The summed E-state index contributed by atoms with van der Waals surface area (Å²) in [5.74, 6) is 0.294. The third-order valence-electron chi connectivity index (χ3n) is 5.65. The highest BCUT2D eigenvalue weighted by Crippen LogP contribution is 2.24. The zero-order valence-corrected chi connectivity index (χ0v) is 19.7. The number of nitrogens with one attached hydrogen (secondary N) is 1. The molecule has 174 valence electrons. The summed E-state index contributed by atoms with van der Waals surface area (Å²) in [6.07, 6.45) is 3.10. The number of imidazole rings is 1. The molecular weight excluding hydrogens is 440 g/mol. The number of benzene rings is 2. The van der Waals surface area contributed by atoms with E-state index in [9.17, 15) is 13.2 Å². The third kappa shape index (κ3) is 5.00. The molecule has 0 radical (unpaired) electrons. The minimum atomic E-state index is -3.76. The molecule has 3 atom stereocenters. The van der Waals surface area contributed by atoms with Crippen molar-refractivity contribution in [2.24, 2.45) is 7.05 Å². The first-order valence-electron chi connectivity index (χ1n) is 10.8. The molecule has 1 aliphatic heterocycles. The zero-order valence-electron chi connectivity index (χ0n) is 18.9. The van der Waals surface area contributed by atoms with Crippen LogP contribution >= 0.6 is 0 Å². The van der Waals surface area contributed by atoms with Gasteiger partial charge in [0.15, 0.2) is 0 Å².